The Balaban J connectivity index is 1.78. The van der Waals surface area contributed by atoms with Crippen LogP contribution >= 0.6 is 0 Å². The predicted octanol–water partition coefficient (Wildman–Crippen LogP) is 0.615. The lowest BCUT2D eigenvalue weighted by molar-refractivity contribution is -0.166. The zero-order valence-corrected chi connectivity index (χ0v) is 12.4. The van der Waals surface area contributed by atoms with Gasteiger partial charge in [0.25, 0.3) is 0 Å². The summed E-state index contributed by atoms with van der Waals surface area (Å²) in [5.74, 6) is -0.284. The summed E-state index contributed by atoms with van der Waals surface area (Å²) in [6.45, 7) is 4.42. The van der Waals surface area contributed by atoms with Gasteiger partial charge in [0.2, 0.25) is 0 Å². The van der Waals surface area contributed by atoms with E-state index >= 15 is 0 Å². The molecule has 0 spiro atoms. The van der Waals surface area contributed by atoms with Crippen LogP contribution in [0.2, 0.25) is 0 Å². The summed E-state index contributed by atoms with van der Waals surface area (Å²) >= 11 is 0. The zero-order chi connectivity index (χ0) is 14.5. The molecule has 1 aliphatic heterocycles. The number of hydrogen-bond acceptors (Lipinski definition) is 5. The molecule has 0 N–H and O–H groups in total. The highest BCUT2D eigenvalue weighted by atomic mass is 16.6. The van der Waals surface area contributed by atoms with Crippen molar-refractivity contribution < 1.29 is 14.3 Å². The minimum absolute atomic E-state index is 0.0613. The maximum absolute atomic E-state index is 11.6. The van der Waals surface area contributed by atoms with Gasteiger partial charge in [-0.15, -0.1) is 0 Å². The van der Waals surface area contributed by atoms with E-state index in [4.69, 9.17) is 9.47 Å². The molecule has 0 saturated carbocycles. The Bertz CT molecular complexity index is 447. The van der Waals surface area contributed by atoms with Crippen molar-refractivity contribution >= 4 is 5.97 Å². The van der Waals surface area contributed by atoms with Gasteiger partial charge in [-0.25, -0.2) is 4.79 Å². The Labute approximate surface area is 119 Å². The molecule has 0 amide bonds. The standard InChI is InChI=1S/C14H23N3O3/c1-11-8-17(10-13(20-11)14(18)19-3)6-4-5-12-7-15-16(2)9-12/h7,9,11,13H,4-6,8,10H2,1-3H3/t11-,13-/m1/s1. The molecule has 0 aromatic carbocycles. The Kier molecular flexibility index (Phi) is 5.14. The molecule has 0 aliphatic carbocycles. The highest BCUT2D eigenvalue weighted by Crippen LogP contribution is 2.13. The number of hydrogen-bond donors (Lipinski definition) is 0. The van der Waals surface area contributed by atoms with Crippen molar-refractivity contribution in [2.75, 3.05) is 26.7 Å². The number of nitrogens with zero attached hydrogens (tertiary/aromatic N) is 3. The van der Waals surface area contributed by atoms with Crippen LogP contribution in [-0.2, 0) is 27.7 Å². The van der Waals surface area contributed by atoms with E-state index in [0.717, 1.165) is 25.9 Å². The van der Waals surface area contributed by atoms with Crippen molar-refractivity contribution in [3.05, 3.63) is 18.0 Å². The summed E-state index contributed by atoms with van der Waals surface area (Å²) in [6, 6.07) is 0. The fourth-order valence-corrected chi connectivity index (χ4v) is 2.59. The first kappa shape index (κ1) is 15.0. The van der Waals surface area contributed by atoms with Gasteiger partial charge in [0.1, 0.15) is 0 Å². The summed E-state index contributed by atoms with van der Waals surface area (Å²) in [7, 11) is 3.33. The monoisotopic (exact) mass is 281 g/mol. The van der Waals surface area contributed by atoms with Crippen LogP contribution in [0.1, 0.15) is 18.9 Å². The number of carbonyl (C=O) groups is 1. The van der Waals surface area contributed by atoms with Gasteiger partial charge in [0.15, 0.2) is 6.10 Å². The minimum atomic E-state index is -0.456. The molecular formula is C14H23N3O3. The van der Waals surface area contributed by atoms with Crippen molar-refractivity contribution in [2.24, 2.45) is 7.05 Å². The Morgan fingerprint density at radius 2 is 2.35 bits per heavy atom. The van der Waals surface area contributed by atoms with Crippen LogP contribution in [0, 0.1) is 0 Å². The molecule has 2 rings (SSSR count). The molecule has 1 aromatic heterocycles. The van der Waals surface area contributed by atoms with Gasteiger partial charge >= 0.3 is 5.97 Å². The van der Waals surface area contributed by atoms with E-state index in [1.54, 1.807) is 0 Å². The van der Waals surface area contributed by atoms with Crippen LogP contribution in [0.4, 0.5) is 0 Å². The van der Waals surface area contributed by atoms with Crippen molar-refractivity contribution in [1.29, 1.82) is 0 Å². The number of aryl methyl sites for hydroxylation is 2. The van der Waals surface area contributed by atoms with E-state index < -0.39 is 6.10 Å². The molecule has 20 heavy (non-hydrogen) atoms. The number of rotatable bonds is 5. The zero-order valence-electron chi connectivity index (χ0n) is 12.4. The number of esters is 1. The van der Waals surface area contributed by atoms with Gasteiger partial charge in [-0.05, 0) is 31.9 Å². The number of ether oxygens (including phenoxy) is 2. The largest absolute Gasteiger partial charge is 0.467 e. The summed E-state index contributed by atoms with van der Waals surface area (Å²) < 4.78 is 12.2. The van der Waals surface area contributed by atoms with Gasteiger partial charge in [-0.1, -0.05) is 0 Å². The molecule has 1 aliphatic rings. The van der Waals surface area contributed by atoms with Crippen molar-refractivity contribution in [3.8, 4) is 0 Å². The molecule has 0 radical (unpaired) electrons. The second kappa shape index (κ2) is 6.85. The van der Waals surface area contributed by atoms with Crippen molar-refractivity contribution in [1.82, 2.24) is 14.7 Å². The van der Waals surface area contributed by atoms with Crippen LogP contribution < -0.4 is 0 Å². The van der Waals surface area contributed by atoms with Gasteiger partial charge in [-0.3, -0.25) is 9.58 Å². The second-order valence-corrected chi connectivity index (χ2v) is 5.34. The third-order valence-corrected chi connectivity index (χ3v) is 3.50. The van der Waals surface area contributed by atoms with E-state index in [-0.39, 0.29) is 12.1 Å². The molecule has 6 nitrogen and oxygen atoms in total. The highest BCUT2D eigenvalue weighted by molar-refractivity contribution is 5.74. The molecule has 2 atom stereocenters. The van der Waals surface area contributed by atoms with E-state index in [2.05, 4.69) is 10.00 Å². The Hall–Kier alpha value is -1.40. The van der Waals surface area contributed by atoms with Crippen LogP contribution in [0.3, 0.4) is 0 Å². The maximum atomic E-state index is 11.6. The van der Waals surface area contributed by atoms with Gasteiger partial charge in [-0.2, -0.15) is 5.10 Å². The fraction of sp³-hybridized carbons (Fsp3) is 0.714. The van der Waals surface area contributed by atoms with E-state index in [1.807, 2.05) is 31.0 Å². The fourth-order valence-electron chi connectivity index (χ4n) is 2.59. The SMILES string of the molecule is COC(=O)[C@H]1CN(CCCc2cnn(C)c2)C[C@@H](C)O1. The average molecular weight is 281 g/mol. The summed E-state index contributed by atoms with van der Waals surface area (Å²) in [5.41, 5.74) is 1.25. The highest BCUT2D eigenvalue weighted by Gasteiger charge is 2.30. The number of carbonyl (C=O) groups excluding carboxylic acids is 1. The van der Waals surface area contributed by atoms with Crippen LogP contribution in [0.15, 0.2) is 12.4 Å². The lowest BCUT2D eigenvalue weighted by Gasteiger charge is -2.35. The lowest BCUT2D eigenvalue weighted by Crippen LogP contribution is -2.50. The Morgan fingerprint density at radius 3 is 3.00 bits per heavy atom. The van der Waals surface area contributed by atoms with E-state index in [9.17, 15) is 4.79 Å². The first-order valence-corrected chi connectivity index (χ1v) is 7.01. The molecule has 1 saturated heterocycles. The normalized spacial score (nSPS) is 23.8. The summed E-state index contributed by atoms with van der Waals surface area (Å²) in [5, 5.41) is 4.16. The third kappa shape index (κ3) is 4.05. The lowest BCUT2D eigenvalue weighted by atomic mass is 10.1. The molecule has 2 heterocycles. The summed E-state index contributed by atoms with van der Waals surface area (Å²) in [4.78, 5) is 13.8. The van der Waals surface area contributed by atoms with Crippen molar-refractivity contribution in [3.63, 3.8) is 0 Å². The molecule has 6 heteroatoms. The molecular weight excluding hydrogens is 258 g/mol. The molecule has 0 bridgehead atoms. The topological polar surface area (TPSA) is 56.6 Å². The van der Waals surface area contributed by atoms with E-state index in [1.165, 1.54) is 12.7 Å². The quantitative estimate of drug-likeness (QED) is 0.740. The minimum Gasteiger partial charge on any atom is -0.467 e. The van der Waals surface area contributed by atoms with Crippen LogP contribution in [0.25, 0.3) is 0 Å². The molecule has 112 valence electrons. The second-order valence-electron chi connectivity index (χ2n) is 5.34. The smallest absolute Gasteiger partial charge is 0.336 e. The van der Waals surface area contributed by atoms with Crippen LogP contribution in [0.5, 0.6) is 0 Å². The van der Waals surface area contributed by atoms with Gasteiger partial charge < -0.3 is 9.47 Å². The first-order chi connectivity index (χ1) is 9.58. The molecule has 0 unspecified atom stereocenters. The van der Waals surface area contributed by atoms with Crippen molar-refractivity contribution in [2.45, 2.75) is 32.0 Å². The number of methoxy groups -OCH3 is 1. The molecule has 1 aromatic rings. The predicted molar refractivity (Wildman–Crippen MR) is 74.3 cm³/mol. The van der Waals surface area contributed by atoms with Crippen LogP contribution in [-0.4, -0.2) is 59.6 Å². The first-order valence-electron chi connectivity index (χ1n) is 7.01. The summed E-state index contributed by atoms with van der Waals surface area (Å²) in [6.07, 6.45) is 5.60. The van der Waals surface area contributed by atoms with Gasteiger partial charge in [0.05, 0.1) is 19.4 Å². The molecule has 1 fully saturated rings. The average Bonchev–Trinajstić information content (AvgIpc) is 2.83. The van der Waals surface area contributed by atoms with Gasteiger partial charge in [0, 0.05) is 26.3 Å². The van der Waals surface area contributed by atoms with E-state index in [0.29, 0.717) is 6.54 Å². The number of morpholine rings is 1. The number of aromatic nitrogens is 2. The third-order valence-electron chi connectivity index (χ3n) is 3.50. The maximum Gasteiger partial charge on any atom is 0.336 e. The Morgan fingerprint density at radius 1 is 1.55 bits per heavy atom.